The topological polar surface area (TPSA) is 41.5 Å². The zero-order chi connectivity index (χ0) is 13.0. The van der Waals surface area contributed by atoms with Crippen LogP contribution in [0.5, 0.6) is 5.75 Å². The van der Waals surface area contributed by atoms with Gasteiger partial charge >= 0.3 is 0 Å². The fraction of sp³-hybridized carbons (Fsp3) is 0.571. The maximum atomic E-state index is 10.4. The van der Waals surface area contributed by atoms with Crippen LogP contribution in [0, 0.1) is 0 Å². The Kier molecular flexibility index (Phi) is 5.03. The molecule has 1 aliphatic heterocycles. The molecule has 2 N–H and O–H groups in total. The van der Waals surface area contributed by atoms with Crippen LogP contribution in [0.25, 0.3) is 0 Å². The molecule has 100 valence electrons. The monoisotopic (exact) mass is 313 g/mol. The summed E-state index contributed by atoms with van der Waals surface area (Å²) in [6.07, 6.45) is 2.98. The van der Waals surface area contributed by atoms with Gasteiger partial charge in [0.25, 0.3) is 0 Å². The van der Waals surface area contributed by atoms with Gasteiger partial charge in [-0.2, -0.15) is 0 Å². The lowest BCUT2D eigenvalue weighted by molar-refractivity contribution is 0.113. The van der Waals surface area contributed by atoms with E-state index in [0.29, 0.717) is 6.61 Å². The molecule has 2 rings (SSSR count). The van der Waals surface area contributed by atoms with Crippen molar-refractivity contribution in [3.05, 3.63) is 28.2 Å². The van der Waals surface area contributed by atoms with Crippen molar-refractivity contribution in [2.75, 3.05) is 13.2 Å². The van der Waals surface area contributed by atoms with Crippen LogP contribution >= 0.6 is 15.9 Å². The Morgan fingerprint density at radius 3 is 2.94 bits per heavy atom. The first-order valence-electron chi connectivity index (χ1n) is 6.56. The number of benzene rings is 1. The number of rotatable bonds is 4. The summed E-state index contributed by atoms with van der Waals surface area (Å²) >= 11 is 3.48. The Labute approximate surface area is 117 Å². The molecule has 0 radical (unpaired) electrons. The number of aliphatic hydroxyl groups is 1. The maximum Gasteiger partial charge on any atom is 0.133 e. The van der Waals surface area contributed by atoms with Crippen molar-refractivity contribution in [3.8, 4) is 5.75 Å². The summed E-state index contributed by atoms with van der Waals surface area (Å²) in [5.41, 5.74) is 0.935. The predicted octanol–water partition coefficient (Wildman–Crippen LogP) is 3.02. The lowest BCUT2D eigenvalue weighted by Crippen LogP contribution is -2.38. The zero-order valence-corrected chi connectivity index (χ0v) is 12.2. The minimum absolute atomic E-state index is 0.170. The van der Waals surface area contributed by atoms with Gasteiger partial charge in [-0.05, 0) is 59.9 Å². The molecule has 1 aliphatic rings. The van der Waals surface area contributed by atoms with Gasteiger partial charge in [0.1, 0.15) is 5.75 Å². The largest absolute Gasteiger partial charge is 0.493 e. The van der Waals surface area contributed by atoms with Gasteiger partial charge in [-0.3, -0.25) is 0 Å². The van der Waals surface area contributed by atoms with Crippen molar-refractivity contribution in [1.29, 1.82) is 0 Å². The Bertz CT molecular complexity index is 391. The zero-order valence-electron chi connectivity index (χ0n) is 10.7. The molecule has 1 saturated heterocycles. The third kappa shape index (κ3) is 3.25. The molecule has 2 atom stereocenters. The Morgan fingerprint density at radius 2 is 2.33 bits per heavy atom. The van der Waals surface area contributed by atoms with Gasteiger partial charge in [-0.25, -0.2) is 0 Å². The molecule has 2 unspecified atom stereocenters. The van der Waals surface area contributed by atoms with Crippen LogP contribution in [-0.4, -0.2) is 24.3 Å². The number of hydrogen-bond acceptors (Lipinski definition) is 3. The summed E-state index contributed by atoms with van der Waals surface area (Å²) in [5.74, 6) is 0.824. The van der Waals surface area contributed by atoms with Gasteiger partial charge in [0.15, 0.2) is 0 Å². The molecule has 1 aromatic rings. The van der Waals surface area contributed by atoms with E-state index in [4.69, 9.17) is 4.74 Å². The summed E-state index contributed by atoms with van der Waals surface area (Å²) < 4.78 is 6.37. The van der Waals surface area contributed by atoms with Crippen LogP contribution in [0.2, 0.25) is 0 Å². The van der Waals surface area contributed by atoms with Gasteiger partial charge in [0, 0.05) is 6.04 Å². The van der Waals surface area contributed by atoms with E-state index in [1.54, 1.807) is 0 Å². The van der Waals surface area contributed by atoms with E-state index in [1.165, 1.54) is 12.8 Å². The number of piperidine rings is 1. The molecule has 1 aromatic carbocycles. The minimum Gasteiger partial charge on any atom is -0.493 e. The molecule has 0 amide bonds. The first-order valence-corrected chi connectivity index (χ1v) is 7.35. The molecular formula is C14H20BrNO2. The highest BCUT2D eigenvalue weighted by atomic mass is 79.9. The van der Waals surface area contributed by atoms with E-state index >= 15 is 0 Å². The van der Waals surface area contributed by atoms with Gasteiger partial charge in [-0.1, -0.05) is 12.5 Å². The summed E-state index contributed by atoms with van der Waals surface area (Å²) in [6.45, 7) is 3.60. The van der Waals surface area contributed by atoms with Crippen LogP contribution < -0.4 is 10.1 Å². The second-order valence-electron chi connectivity index (χ2n) is 4.62. The average molecular weight is 314 g/mol. The van der Waals surface area contributed by atoms with Gasteiger partial charge in [0.05, 0.1) is 17.2 Å². The number of halogens is 1. The predicted molar refractivity (Wildman–Crippen MR) is 75.9 cm³/mol. The first kappa shape index (κ1) is 13.8. The molecule has 1 fully saturated rings. The van der Waals surface area contributed by atoms with Gasteiger partial charge in [0.2, 0.25) is 0 Å². The average Bonchev–Trinajstić information content (AvgIpc) is 2.41. The highest BCUT2D eigenvalue weighted by molar-refractivity contribution is 9.10. The summed E-state index contributed by atoms with van der Waals surface area (Å²) in [7, 11) is 0. The SMILES string of the molecule is CCOc1ccc(C(O)C2CCCCN2)cc1Br. The van der Waals surface area contributed by atoms with Crippen LogP contribution in [0.3, 0.4) is 0 Å². The summed E-state index contributed by atoms with van der Waals surface area (Å²) in [5, 5.41) is 13.7. The van der Waals surface area contributed by atoms with Crippen LogP contribution in [0.4, 0.5) is 0 Å². The molecule has 0 aliphatic carbocycles. The van der Waals surface area contributed by atoms with Crippen molar-refractivity contribution in [2.45, 2.75) is 38.3 Å². The highest BCUT2D eigenvalue weighted by Crippen LogP contribution is 2.30. The molecule has 0 aromatic heterocycles. The van der Waals surface area contributed by atoms with Crippen molar-refractivity contribution in [3.63, 3.8) is 0 Å². The van der Waals surface area contributed by atoms with Gasteiger partial charge < -0.3 is 15.2 Å². The third-order valence-electron chi connectivity index (χ3n) is 3.33. The number of nitrogens with one attached hydrogen (secondary N) is 1. The summed E-state index contributed by atoms with van der Waals surface area (Å²) in [4.78, 5) is 0. The molecule has 18 heavy (non-hydrogen) atoms. The van der Waals surface area contributed by atoms with E-state index in [-0.39, 0.29) is 6.04 Å². The quantitative estimate of drug-likeness (QED) is 0.897. The molecule has 0 saturated carbocycles. The number of aliphatic hydroxyl groups excluding tert-OH is 1. The second-order valence-corrected chi connectivity index (χ2v) is 5.48. The first-order chi connectivity index (χ1) is 8.72. The van der Waals surface area contributed by atoms with Crippen LogP contribution in [-0.2, 0) is 0 Å². The van der Waals surface area contributed by atoms with E-state index in [9.17, 15) is 5.11 Å². The Hall–Kier alpha value is -0.580. The Morgan fingerprint density at radius 1 is 1.50 bits per heavy atom. The van der Waals surface area contributed by atoms with E-state index in [1.807, 2.05) is 25.1 Å². The van der Waals surface area contributed by atoms with E-state index in [2.05, 4.69) is 21.2 Å². The lowest BCUT2D eigenvalue weighted by Gasteiger charge is -2.28. The molecule has 0 bridgehead atoms. The smallest absolute Gasteiger partial charge is 0.133 e. The van der Waals surface area contributed by atoms with E-state index < -0.39 is 6.10 Å². The number of ether oxygens (including phenoxy) is 1. The van der Waals surface area contributed by atoms with Crippen molar-refractivity contribution >= 4 is 15.9 Å². The van der Waals surface area contributed by atoms with Crippen LogP contribution in [0.1, 0.15) is 37.9 Å². The van der Waals surface area contributed by atoms with Crippen molar-refractivity contribution < 1.29 is 9.84 Å². The second kappa shape index (κ2) is 6.55. The standard InChI is InChI=1S/C14H20BrNO2/c1-2-18-13-7-6-10(9-11(13)15)14(17)12-5-3-4-8-16-12/h6-7,9,12,14,16-17H,2-5,8H2,1H3. The molecule has 1 heterocycles. The van der Waals surface area contributed by atoms with Crippen molar-refractivity contribution in [1.82, 2.24) is 5.32 Å². The Balaban J connectivity index is 2.10. The van der Waals surface area contributed by atoms with Crippen molar-refractivity contribution in [2.24, 2.45) is 0 Å². The minimum atomic E-state index is -0.447. The maximum absolute atomic E-state index is 10.4. The molecule has 0 spiro atoms. The van der Waals surface area contributed by atoms with Crippen LogP contribution in [0.15, 0.2) is 22.7 Å². The fourth-order valence-corrected chi connectivity index (χ4v) is 2.87. The molecule has 4 heteroatoms. The lowest BCUT2D eigenvalue weighted by atomic mass is 9.95. The van der Waals surface area contributed by atoms with E-state index in [0.717, 1.165) is 28.8 Å². The van der Waals surface area contributed by atoms with Gasteiger partial charge in [-0.15, -0.1) is 0 Å². The summed E-state index contributed by atoms with van der Waals surface area (Å²) in [6, 6.07) is 5.97. The molecule has 3 nitrogen and oxygen atoms in total. The third-order valence-corrected chi connectivity index (χ3v) is 3.95. The molecular weight excluding hydrogens is 294 g/mol. The fourth-order valence-electron chi connectivity index (χ4n) is 2.35. The number of hydrogen-bond donors (Lipinski definition) is 2. The normalized spacial score (nSPS) is 21.6. The highest BCUT2D eigenvalue weighted by Gasteiger charge is 2.23.